The van der Waals surface area contributed by atoms with E-state index in [-0.39, 0.29) is 11.9 Å². The van der Waals surface area contributed by atoms with Gasteiger partial charge in [0.25, 0.3) is 0 Å². The van der Waals surface area contributed by atoms with E-state index in [0.29, 0.717) is 17.9 Å². The first-order valence-corrected chi connectivity index (χ1v) is 7.40. The molecule has 0 heterocycles. The van der Waals surface area contributed by atoms with Gasteiger partial charge in [-0.1, -0.05) is 39.8 Å². The van der Waals surface area contributed by atoms with Crippen LogP contribution in [0.25, 0.3) is 0 Å². The molecule has 1 aromatic carbocycles. The molecule has 0 radical (unpaired) electrons. The third kappa shape index (κ3) is 6.20. The molecule has 0 bridgehead atoms. The molecular formula is C17H28FN. The molecule has 1 N–H and O–H groups in total. The summed E-state index contributed by atoms with van der Waals surface area (Å²) in [5, 5.41) is 3.66. The second-order valence-electron chi connectivity index (χ2n) is 6.40. The fourth-order valence-corrected chi connectivity index (χ4v) is 2.60. The summed E-state index contributed by atoms with van der Waals surface area (Å²) in [6.45, 7) is 11.1. The molecule has 0 saturated heterocycles. The molecule has 0 saturated carbocycles. The quantitative estimate of drug-likeness (QED) is 0.736. The van der Waals surface area contributed by atoms with Crippen LogP contribution in [0.4, 0.5) is 4.39 Å². The topological polar surface area (TPSA) is 12.0 Å². The molecule has 0 fully saturated rings. The number of rotatable bonds is 7. The van der Waals surface area contributed by atoms with E-state index < -0.39 is 0 Å². The Morgan fingerprint density at radius 1 is 1.00 bits per heavy atom. The Balaban J connectivity index is 2.66. The minimum absolute atomic E-state index is 0.157. The normalized spacial score (nSPS) is 13.5. The van der Waals surface area contributed by atoms with Crippen molar-refractivity contribution >= 4 is 0 Å². The molecular weight excluding hydrogens is 237 g/mol. The molecule has 19 heavy (non-hydrogen) atoms. The lowest BCUT2D eigenvalue weighted by Crippen LogP contribution is -2.34. The average Bonchev–Trinajstić information content (AvgIpc) is 2.26. The third-order valence-corrected chi connectivity index (χ3v) is 3.35. The van der Waals surface area contributed by atoms with Crippen LogP contribution in [0.1, 0.15) is 59.1 Å². The van der Waals surface area contributed by atoms with Crippen LogP contribution in [0, 0.1) is 17.7 Å². The fourth-order valence-electron chi connectivity index (χ4n) is 2.60. The zero-order valence-corrected chi connectivity index (χ0v) is 12.9. The largest absolute Gasteiger partial charge is 0.307 e. The zero-order valence-electron chi connectivity index (χ0n) is 12.9. The summed E-state index contributed by atoms with van der Waals surface area (Å²) in [7, 11) is 0. The number of nitrogens with one attached hydrogen (secondary N) is 1. The number of hydrogen-bond donors (Lipinski definition) is 1. The van der Waals surface area contributed by atoms with Gasteiger partial charge in [-0.3, -0.25) is 0 Å². The molecule has 0 unspecified atom stereocenters. The second kappa shape index (κ2) is 7.64. The Morgan fingerprint density at radius 2 is 1.58 bits per heavy atom. The van der Waals surface area contributed by atoms with Crippen molar-refractivity contribution in [1.29, 1.82) is 0 Å². The number of benzene rings is 1. The lowest BCUT2D eigenvalue weighted by Gasteiger charge is -2.26. The van der Waals surface area contributed by atoms with Gasteiger partial charge in [0.1, 0.15) is 5.82 Å². The summed E-state index contributed by atoms with van der Waals surface area (Å²) in [4.78, 5) is 0. The molecule has 1 nitrogen and oxygen atoms in total. The Morgan fingerprint density at radius 3 is 2.05 bits per heavy atom. The van der Waals surface area contributed by atoms with E-state index in [9.17, 15) is 4.39 Å². The van der Waals surface area contributed by atoms with Crippen LogP contribution in [0.5, 0.6) is 0 Å². The molecule has 108 valence electrons. The van der Waals surface area contributed by atoms with Crippen molar-refractivity contribution in [1.82, 2.24) is 5.32 Å². The molecule has 2 heteroatoms. The zero-order chi connectivity index (χ0) is 14.4. The lowest BCUT2D eigenvalue weighted by atomic mass is 9.94. The molecule has 0 aromatic heterocycles. The molecule has 0 aliphatic heterocycles. The minimum atomic E-state index is -0.157. The standard InChI is InChI=1S/C17H28FN/c1-12(2)9-17(10-13(3)4)19-14(5)15-7-6-8-16(18)11-15/h6-8,11-14,17,19H,9-10H2,1-5H3/t14-/m1/s1. The Bertz CT molecular complexity index is 363. The second-order valence-corrected chi connectivity index (χ2v) is 6.40. The first-order valence-electron chi connectivity index (χ1n) is 7.40. The maximum absolute atomic E-state index is 13.3. The molecule has 1 aromatic rings. The maximum atomic E-state index is 13.3. The van der Waals surface area contributed by atoms with E-state index in [1.807, 2.05) is 6.07 Å². The third-order valence-electron chi connectivity index (χ3n) is 3.35. The van der Waals surface area contributed by atoms with Gasteiger partial charge in [0.15, 0.2) is 0 Å². The monoisotopic (exact) mass is 265 g/mol. The lowest BCUT2D eigenvalue weighted by molar-refractivity contribution is 0.335. The van der Waals surface area contributed by atoms with E-state index in [2.05, 4.69) is 39.9 Å². The smallest absolute Gasteiger partial charge is 0.123 e. The van der Waals surface area contributed by atoms with Crippen molar-refractivity contribution in [3.05, 3.63) is 35.6 Å². The van der Waals surface area contributed by atoms with Crippen LogP contribution in [-0.2, 0) is 0 Å². The predicted molar refractivity (Wildman–Crippen MR) is 80.6 cm³/mol. The highest BCUT2D eigenvalue weighted by Gasteiger charge is 2.16. The Kier molecular flexibility index (Phi) is 6.50. The SMILES string of the molecule is CC(C)CC(CC(C)C)N[C@H](C)c1cccc(F)c1. The van der Waals surface area contributed by atoms with Crippen molar-refractivity contribution in [3.63, 3.8) is 0 Å². The van der Waals surface area contributed by atoms with Crippen LogP contribution >= 0.6 is 0 Å². The van der Waals surface area contributed by atoms with Crippen molar-refractivity contribution < 1.29 is 4.39 Å². The van der Waals surface area contributed by atoms with Gasteiger partial charge in [-0.15, -0.1) is 0 Å². The van der Waals surface area contributed by atoms with Gasteiger partial charge in [0.2, 0.25) is 0 Å². The van der Waals surface area contributed by atoms with Crippen LogP contribution < -0.4 is 5.32 Å². The molecule has 0 amide bonds. The van der Waals surface area contributed by atoms with E-state index in [1.165, 1.54) is 6.07 Å². The van der Waals surface area contributed by atoms with Crippen molar-refractivity contribution in [2.75, 3.05) is 0 Å². The van der Waals surface area contributed by atoms with Gasteiger partial charge in [-0.2, -0.15) is 0 Å². The fraction of sp³-hybridized carbons (Fsp3) is 0.647. The van der Waals surface area contributed by atoms with Crippen LogP contribution in [-0.4, -0.2) is 6.04 Å². The van der Waals surface area contributed by atoms with Gasteiger partial charge < -0.3 is 5.32 Å². The summed E-state index contributed by atoms with van der Waals surface area (Å²) >= 11 is 0. The van der Waals surface area contributed by atoms with Crippen molar-refractivity contribution in [2.24, 2.45) is 11.8 Å². The molecule has 1 atom stereocenters. The van der Waals surface area contributed by atoms with Gasteiger partial charge >= 0.3 is 0 Å². The summed E-state index contributed by atoms with van der Waals surface area (Å²) in [5.41, 5.74) is 1.03. The summed E-state index contributed by atoms with van der Waals surface area (Å²) in [6, 6.07) is 7.58. The Hall–Kier alpha value is -0.890. The van der Waals surface area contributed by atoms with E-state index >= 15 is 0 Å². The average molecular weight is 265 g/mol. The first kappa shape index (κ1) is 16.2. The summed E-state index contributed by atoms with van der Waals surface area (Å²) in [6.07, 6.45) is 2.33. The van der Waals surface area contributed by atoms with Gasteiger partial charge in [-0.05, 0) is 49.3 Å². The van der Waals surface area contributed by atoms with E-state index in [1.54, 1.807) is 12.1 Å². The van der Waals surface area contributed by atoms with Crippen molar-refractivity contribution in [2.45, 2.75) is 59.5 Å². The van der Waals surface area contributed by atoms with Crippen LogP contribution in [0.3, 0.4) is 0 Å². The predicted octanol–water partition coefficient (Wildman–Crippen LogP) is 4.94. The summed E-state index contributed by atoms with van der Waals surface area (Å²) in [5.74, 6) is 1.20. The highest BCUT2D eigenvalue weighted by molar-refractivity contribution is 5.19. The molecule has 0 spiro atoms. The Labute approximate surface area is 117 Å². The van der Waals surface area contributed by atoms with Gasteiger partial charge in [0.05, 0.1) is 0 Å². The molecule has 1 rings (SSSR count). The van der Waals surface area contributed by atoms with Crippen LogP contribution in [0.15, 0.2) is 24.3 Å². The number of hydrogen-bond acceptors (Lipinski definition) is 1. The van der Waals surface area contributed by atoms with Crippen LogP contribution in [0.2, 0.25) is 0 Å². The van der Waals surface area contributed by atoms with Crippen molar-refractivity contribution in [3.8, 4) is 0 Å². The minimum Gasteiger partial charge on any atom is -0.307 e. The highest BCUT2D eigenvalue weighted by Crippen LogP contribution is 2.19. The molecule has 0 aliphatic carbocycles. The van der Waals surface area contributed by atoms with E-state index in [0.717, 1.165) is 18.4 Å². The molecule has 0 aliphatic rings. The first-order chi connectivity index (χ1) is 8.88. The number of halogens is 1. The van der Waals surface area contributed by atoms with E-state index in [4.69, 9.17) is 0 Å². The summed E-state index contributed by atoms with van der Waals surface area (Å²) < 4.78 is 13.3. The highest BCUT2D eigenvalue weighted by atomic mass is 19.1. The van der Waals surface area contributed by atoms with Gasteiger partial charge in [-0.25, -0.2) is 4.39 Å². The maximum Gasteiger partial charge on any atom is 0.123 e. The van der Waals surface area contributed by atoms with Gasteiger partial charge in [0, 0.05) is 12.1 Å².